The summed E-state index contributed by atoms with van der Waals surface area (Å²) in [5.74, 6) is -0.675. The maximum Gasteiger partial charge on any atom is 0.267 e. The molecule has 0 aliphatic carbocycles. The van der Waals surface area contributed by atoms with E-state index in [1.165, 1.54) is 4.90 Å². The van der Waals surface area contributed by atoms with E-state index in [1.807, 2.05) is 12.1 Å². The summed E-state index contributed by atoms with van der Waals surface area (Å²) in [6.07, 6.45) is 0.756. The minimum absolute atomic E-state index is 0.131. The topological polar surface area (TPSA) is 92.4 Å². The number of aryl methyl sites for hydroxylation is 2. The third-order valence-corrected chi connectivity index (χ3v) is 5.34. The van der Waals surface area contributed by atoms with Gasteiger partial charge in [-0.3, -0.25) is 9.59 Å². The van der Waals surface area contributed by atoms with Crippen molar-refractivity contribution in [3.63, 3.8) is 0 Å². The number of pyridine rings is 1. The molecule has 1 saturated heterocycles. The van der Waals surface area contributed by atoms with Gasteiger partial charge < -0.3 is 25.2 Å². The molecule has 0 bridgehead atoms. The van der Waals surface area contributed by atoms with Crippen molar-refractivity contribution in [3.05, 3.63) is 39.7 Å². The Labute approximate surface area is 145 Å². The Morgan fingerprint density at radius 3 is 2.92 bits per heavy atom. The second-order valence-corrected chi connectivity index (χ2v) is 6.87. The number of piperazine rings is 1. The molecular weight excluding hydrogens is 320 g/mol. The van der Waals surface area contributed by atoms with E-state index in [2.05, 4.69) is 10.6 Å². The van der Waals surface area contributed by atoms with Crippen molar-refractivity contribution < 1.29 is 20.1 Å². The van der Waals surface area contributed by atoms with E-state index in [9.17, 15) is 14.7 Å². The number of hydrogen-bond donors (Lipinski definition) is 4. The minimum Gasteiger partial charge on any atom is -0.506 e. The number of carbonyl (C=O) groups excluding carboxylic acids is 1. The number of nitrogens with zero attached hydrogens (tertiary/aromatic N) is 1. The van der Waals surface area contributed by atoms with Gasteiger partial charge in [0, 0.05) is 11.9 Å². The molecule has 5 N–H and O–H groups in total. The number of quaternary nitrogens is 2. The molecule has 7 heteroatoms. The molecular formula is C18H24N4O3+2. The highest BCUT2D eigenvalue weighted by atomic mass is 16.3. The summed E-state index contributed by atoms with van der Waals surface area (Å²) in [7, 11) is 0. The number of nitrogens with one attached hydrogen (secondary N) is 2. The molecule has 1 amide bonds. The van der Waals surface area contributed by atoms with E-state index in [0.717, 1.165) is 50.2 Å². The van der Waals surface area contributed by atoms with E-state index in [-0.39, 0.29) is 11.3 Å². The first-order valence-electron chi connectivity index (χ1n) is 8.97. The lowest BCUT2D eigenvalue weighted by Gasteiger charge is -2.22. The third kappa shape index (κ3) is 2.79. The van der Waals surface area contributed by atoms with Crippen LogP contribution in [0.3, 0.4) is 0 Å². The molecule has 1 fully saturated rings. The zero-order valence-corrected chi connectivity index (χ0v) is 14.2. The molecule has 3 heterocycles. The maximum atomic E-state index is 12.7. The molecule has 0 spiro atoms. The molecule has 1 aromatic carbocycles. The van der Waals surface area contributed by atoms with Crippen LogP contribution in [0.4, 0.5) is 0 Å². The summed E-state index contributed by atoms with van der Waals surface area (Å²) in [5, 5.41) is 16.2. The molecule has 0 saturated carbocycles. The first-order chi connectivity index (χ1) is 12.2. The fourth-order valence-corrected chi connectivity index (χ4v) is 4.00. The Kier molecular flexibility index (Phi) is 4.19. The summed E-state index contributed by atoms with van der Waals surface area (Å²) in [4.78, 5) is 26.7. The molecule has 25 heavy (non-hydrogen) atoms. The summed E-state index contributed by atoms with van der Waals surface area (Å²) < 4.78 is 1.62. The molecule has 0 radical (unpaired) electrons. The van der Waals surface area contributed by atoms with Crippen LogP contribution in [0.5, 0.6) is 5.75 Å². The monoisotopic (exact) mass is 344 g/mol. The summed E-state index contributed by atoms with van der Waals surface area (Å²) in [5.41, 5.74) is 1.28. The molecule has 2 aromatic rings. The van der Waals surface area contributed by atoms with Crippen LogP contribution in [0.15, 0.2) is 23.0 Å². The second-order valence-electron chi connectivity index (χ2n) is 6.87. The van der Waals surface area contributed by atoms with Crippen LogP contribution in [0.1, 0.15) is 15.9 Å². The van der Waals surface area contributed by atoms with Gasteiger partial charge in [-0.05, 0) is 18.1 Å². The molecule has 2 aliphatic heterocycles. The van der Waals surface area contributed by atoms with Crippen molar-refractivity contribution in [3.8, 4) is 5.75 Å². The van der Waals surface area contributed by atoms with Crippen LogP contribution in [-0.2, 0) is 13.0 Å². The Morgan fingerprint density at radius 2 is 2.12 bits per heavy atom. The lowest BCUT2D eigenvalue weighted by molar-refractivity contribution is -0.945. The highest BCUT2D eigenvalue weighted by Gasteiger charge is 2.26. The van der Waals surface area contributed by atoms with Crippen LogP contribution in [0, 0.1) is 0 Å². The fourth-order valence-electron chi connectivity index (χ4n) is 4.00. The van der Waals surface area contributed by atoms with Gasteiger partial charge in [0.25, 0.3) is 11.5 Å². The molecule has 4 rings (SSSR count). The van der Waals surface area contributed by atoms with Gasteiger partial charge in [-0.1, -0.05) is 12.1 Å². The number of benzene rings is 1. The van der Waals surface area contributed by atoms with Gasteiger partial charge in [0.2, 0.25) is 0 Å². The average molecular weight is 344 g/mol. The Hall–Kier alpha value is -2.38. The van der Waals surface area contributed by atoms with Crippen LogP contribution in [-0.4, -0.2) is 54.8 Å². The predicted octanol–water partition coefficient (Wildman–Crippen LogP) is -2.55. The van der Waals surface area contributed by atoms with Gasteiger partial charge in [0.05, 0.1) is 18.6 Å². The molecule has 2 aliphatic rings. The summed E-state index contributed by atoms with van der Waals surface area (Å²) >= 11 is 0. The van der Waals surface area contributed by atoms with Crippen molar-refractivity contribution in [1.82, 2.24) is 9.88 Å². The van der Waals surface area contributed by atoms with Crippen molar-refractivity contribution >= 4 is 16.8 Å². The average Bonchev–Trinajstić information content (AvgIpc) is 3.06. The number of aromatic hydroxyl groups is 1. The quantitative estimate of drug-likeness (QED) is 0.492. The maximum absolute atomic E-state index is 12.7. The minimum atomic E-state index is -0.478. The number of rotatable bonds is 4. The molecule has 0 atom stereocenters. The SMILES string of the molecule is O=C(NCC[NH+]1CC[NH2+]CC1)c1c(O)c2cccc3c2n(c1=O)CC3. The normalized spacial score (nSPS) is 17.1. The first-order valence-corrected chi connectivity index (χ1v) is 8.97. The molecule has 1 aromatic heterocycles. The zero-order valence-electron chi connectivity index (χ0n) is 14.2. The number of aromatic nitrogens is 1. The lowest BCUT2D eigenvalue weighted by atomic mass is 10.1. The Bertz CT molecular complexity index is 884. The number of amides is 1. The first kappa shape index (κ1) is 16.1. The smallest absolute Gasteiger partial charge is 0.267 e. The van der Waals surface area contributed by atoms with Gasteiger partial charge in [0.1, 0.15) is 37.5 Å². The number of carbonyl (C=O) groups is 1. The summed E-state index contributed by atoms with van der Waals surface area (Å²) in [6.45, 7) is 6.31. The third-order valence-electron chi connectivity index (χ3n) is 5.34. The number of hydrogen-bond acceptors (Lipinski definition) is 3. The van der Waals surface area contributed by atoms with E-state index >= 15 is 0 Å². The predicted molar refractivity (Wildman–Crippen MR) is 93.1 cm³/mol. The van der Waals surface area contributed by atoms with Crippen LogP contribution >= 0.6 is 0 Å². The van der Waals surface area contributed by atoms with Gasteiger partial charge in [-0.2, -0.15) is 0 Å². The zero-order chi connectivity index (χ0) is 17.4. The van der Waals surface area contributed by atoms with Gasteiger partial charge in [-0.25, -0.2) is 0 Å². The lowest BCUT2D eigenvalue weighted by Crippen LogP contribution is -3.20. The van der Waals surface area contributed by atoms with Gasteiger partial charge in [0.15, 0.2) is 0 Å². The van der Waals surface area contributed by atoms with Crippen molar-refractivity contribution in [2.45, 2.75) is 13.0 Å². The summed E-state index contributed by atoms with van der Waals surface area (Å²) in [6, 6.07) is 5.58. The molecule has 132 valence electrons. The molecule has 7 nitrogen and oxygen atoms in total. The van der Waals surface area contributed by atoms with E-state index in [4.69, 9.17) is 0 Å². The standard InChI is InChI=1S/C18H22N4O3/c23-16-13-3-1-2-12-4-8-22(15(12)13)18(25)14(16)17(24)20-7-11-21-9-5-19-6-10-21/h1-3,19,23H,4-11H2,(H,20,24)/p+2. The fraction of sp³-hybridized carbons (Fsp3) is 0.444. The Morgan fingerprint density at radius 1 is 1.32 bits per heavy atom. The van der Waals surface area contributed by atoms with E-state index < -0.39 is 11.5 Å². The van der Waals surface area contributed by atoms with E-state index in [1.54, 1.807) is 10.6 Å². The second kappa shape index (κ2) is 6.50. The highest BCUT2D eigenvalue weighted by Crippen LogP contribution is 2.31. The van der Waals surface area contributed by atoms with Crippen molar-refractivity contribution in [2.24, 2.45) is 0 Å². The van der Waals surface area contributed by atoms with Gasteiger partial charge in [-0.15, -0.1) is 0 Å². The van der Waals surface area contributed by atoms with Crippen LogP contribution in [0.2, 0.25) is 0 Å². The van der Waals surface area contributed by atoms with Crippen LogP contribution < -0.4 is 21.1 Å². The number of para-hydroxylation sites is 1. The molecule has 0 unspecified atom stereocenters. The van der Waals surface area contributed by atoms with Crippen molar-refractivity contribution in [1.29, 1.82) is 0 Å². The van der Waals surface area contributed by atoms with Crippen LogP contribution in [0.25, 0.3) is 10.9 Å². The van der Waals surface area contributed by atoms with Crippen molar-refractivity contribution in [2.75, 3.05) is 39.3 Å². The number of nitrogens with two attached hydrogens (primary N) is 1. The van der Waals surface area contributed by atoms with Gasteiger partial charge >= 0.3 is 0 Å². The largest absolute Gasteiger partial charge is 0.506 e. The highest BCUT2D eigenvalue weighted by molar-refractivity contribution is 6.03. The Balaban J connectivity index is 1.57. The van der Waals surface area contributed by atoms with E-state index in [0.29, 0.717) is 18.5 Å².